The third kappa shape index (κ3) is 3.90. The zero-order chi connectivity index (χ0) is 19.5. The van der Waals surface area contributed by atoms with Crippen molar-refractivity contribution in [3.63, 3.8) is 0 Å². The van der Waals surface area contributed by atoms with Gasteiger partial charge in [0.25, 0.3) is 5.91 Å². The number of likely N-dealkylation sites (tertiary alicyclic amines) is 2. The lowest BCUT2D eigenvalue weighted by atomic mass is 9.94. The van der Waals surface area contributed by atoms with E-state index in [1.807, 2.05) is 26.3 Å². The number of rotatable bonds is 4. The van der Waals surface area contributed by atoms with Crippen molar-refractivity contribution in [3.05, 3.63) is 24.2 Å². The van der Waals surface area contributed by atoms with E-state index in [1.165, 1.54) is 6.21 Å². The van der Waals surface area contributed by atoms with Gasteiger partial charge in [0, 0.05) is 13.1 Å². The standard InChI is InChI=1S/C18H28N4O4/c1-6-14(12-19-13(2)20-25)21-11-9-18(15(21)23)8-7-10-22(18)16(24)26-17(3,4)5/h6,12,20,25H,2,7-11H2,1,3-5H3/b14-6+,19-12-. The molecule has 0 bridgehead atoms. The molecule has 0 saturated carbocycles. The molecule has 144 valence electrons. The molecule has 8 nitrogen and oxygen atoms in total. The number of carbonyl (C=O) groups is 2. The largest absolute Gasteiger partial charge is 0.444 e. The highest BCUT2D eigenvalue weighted by atomic mass is 16.6. The van der Waals surface area contributed by atoms with Crippen molar-refractivity contribution in [1.82, 2.24) is 15.3 Å². The third-order valence-corrected chi connectivity index (χ3v) is 4.58. The third-order valence-electron chi connectivity index (χ3n) is 4.58. The summed E-state index contributed by atoms with van der Waals surface area (Å²) in [6.45, 7) is 11.7. The molecule has 2 saturated heterocycles. The van der Waals surface area contributed by atoms with Crippen molar-refractivity contribution in [2.75, 3.05) is 13.1 Å². The fourth-order valence-corrected chi connectivity index (χ4v) is 3.42. The summed E-state index contributed by atoms with van der Waals surface area (Å²) in [5.41, 5.74) is 0.982. The monoisotopic (exact) mass is 364 g/mol. The molecule has 1 unspecified atom stereocenters. The van der Waals surface area contributed by atoms with E-state index >= 15 is 0 Å². The fraction of sp³-hybridized carbons (Fsp3) is 0.611. The molecular formula is C18H28N4O4. The summed E-state index contributed by atoms with van der Waals surface area (Å²) in [4.78, 5) is 33.0. The molecule has 1 spiro atoms. The highest BCUT2D eigenvalue weighted by Gasteiger charge is 2.56. The maximum Gasteiger partial charge on any atom is 0.411 e. The molecule has 2 amide bonds. The van der Waals surface area contributed by atoms with Crippen molar-refractivity contribution in [2.24, 2.45) is 4.99 Å². The van der Waals surface area contributed by atoms with Crippen LogP contribution in [0.25, 0.3) is 0 Å². The molecule has 2 aliphatic rings. The Morgan fingerprint density at radius 3 is 2.65 bits per heavy atom. The van der Waals surface area contributed by atoms with Crippen molar-refractivity contribution in [1.29, 1.82) is 0 Å². The molecule has 0 radical (unpaired) electrons. The van der Waals surface area contributed by atoms with Crippen LogP contribution in [-0.4, -0.2) is 57.5 Å². The van der Waals surface area contributed by atoms with Gasteiger partial charge in [-0.15, -0.1) is 0 Å². The summed E-state index contributed by atoms with van der Waals surface area (Å²) in [5.74, 6) is -0.0510. The Morgan fingerprint density at radius 1 is 1.38 bits per heavy atom. The van der Waals surface area contributed by atoms with Crippen molar-refractivity contribution < 1.29 is 19.5 Å². The Balaban J connectivity index is 2.21. The summed E-state index contributed by atoms with van der Waals surface area (Å²) in [7, 11) is 0. The van der Waals surface area contributed by atoms with Gasteiger partial charge in [0.05, 0.1) is 11.9 Å². The summed E-state index contributed by atoms with van der Waals surface area (Å²) in [6.07, 6.45) is 4.73. The highest BCUT2D eigenvalue weighted by Crippen LogP contribution is 2.40. The Kier molecular flexibility index (Phi) is 5.75. The van der Waals surface area contributed by atoms with Crippen LogP contribution in [0, 0.1) is 0 Å². The summed E-state index contributed by atoms with van der Waals surface area (Å²) >= 11 is 0. The Bertz CT molecular complexity index is 650. The number of hydrogen-bond acceptors (Lipinski definition) is 6. The number of ether oxygens (including phenoxy) is 1. The van der Waals surface area contributed by atoms with Crippen LogP contribution in [0.1, 0.15) is 47.0 Å². The van der Waals surface area contributed by atoms with Gasteiger partial charge >= 0.3 is 6.09 Å². The van der Waals surface area contributed by atoms with Gasteiger partial charge in [0.2, 0.25) is 0 Å². The molecule has 0 aliphatic carbocycles. The lowest BCUT2D eigenvalue weighted by Crippen LogP contribution is -2.53. The first-order valence-corrected chi connectivity index (χ1v) is 8.76. The summed E-state index contributed by atoms with van der Waals surface area (Å²) in [5, 5.41) is 8.77. The molecule has 2 N–H and O–H groups in total. The van der Waals surface area contributed by atoms with E-state index < -0.39 is 17.2 Å². The van der Waals surface area contributed by atoms with Gasteiger partial charge in [-0.05, 0) is 47.0 Å². The molecule has 2 aliphatic heterocycles. The van der Waals surface area contributed by atoms with E-state index in [4.69, 9.17) is 9.94 Å². The van der Waals surface area contributed by atoms with Crippen LogP contribution in [-0.2, 0) is 9.53 Å². The van der Waals surface area contributed by atoms with Gasteiger partial charge < -0.3 is 9.64 Å². The van der Waals surface area contributed by atoms with Crippen molar-refractivity contribution in [2.45, 2.75) is 58.1 Å². The van der Waals surface area contributed by atoms with Crippen LogP contribution in [0.15, 0.2) is 29.2 Å². The number of carbonyl (C=O) groups excluding carboxylic acids is 2. The van der Waals surface area contributed by atoms with E-state index in [0.29, 0.717) is 31.6 Å². The first-order valence-electron chi connectivity index (χ1n) is 8.76. The van der Waals surface area contributed by atoms with Crippen LogP contribution < -0.4 is 5.48 Å². The minimum Gasteiger partial charge on any atom is -0.444 e. The van der Waals surface area contributed by atoms with Crippen LogP contribution in [0.5, 0.6) is 0 Å². The summed E-state index contributed by atoms with van der Waals surface area (Å²) in [6, 6.07) is 0. The second-order valence-electron chi connectivity index (χ2n) is 7.50. The maximum atomic E-state index is 13.2. The van der Waals surface area contributed by atoms with E-state index in [9.17, 15) is 9.59 Å². The summed E-state index contributed by atoms with van der Waals surface area (Å²) < 4.78 is 5.50. The van der Waals surface area contributed by atoms with Crippen LogP contribution in [0.3, 0.4) is 0 Å². The maximum absolute atomic E-state index is 13.2. The number of hydrogen-bond donors (Lipinski definition) is 2. The average Bonchev–Trinajstić information content (AvgIpc) is 3.13. The van der Waals surface area contributed by atoms with E-state index in [2.05, 4.69) is 11.6 Å². The molecule has 0 aromatic heterocycles. The predicted octanol–water partition coefficient (Wildman–Crippen LogP) is 2.41. The molecule has 1 atom stereocenters. The van der Waals surface area contributed by atoms with Gasteiger partial charge in [-0.2, -0.15) is 0 Å². The van der Waals surface area contributed by atoms with Crippen molar-refractivity contribution >= 4 is 18.2 Å². The lowest BCUT2D eigenvalue weighted by molar-refractivity contribution is -0.134. The Morgan fingerprint density at radius 2 is 2.08 bits per heavy atom. The quantitative estimate of drug-likeness (QED) is 0.590. The highest BCUT2D eigenvalue weighted by molar-refractivity contribution is 5.97. The molecular weight excluding hydrogens is 336 g/mol. The van der Waals surface area contributed by atoms with Gasteiger partial charge in [-0.1, -0.05) is 12.7 Å². The predicted molar refractivity (Wildman–Crippen MR) is 97.5 cm³/mol. The van der Waals surface area contributed by atoms with E-state index in [-0.39, 0.29) is 11.7 Å². The van der Waals surface area contributed by atoms with Crippen LogP contribution in [0.2, 0.25) is 0 Å². The van der Waals surface area contributed by atoms with E-state index in [1.54, 1.807) is 22.8 Å². The molecule has 26 heavy (non-hydrogen) atoms. The zero-order valence-electron chi connectivity index (χ0n) is 15.9. The van der Waals surface area contributed by atoms with Gasteiger partial charge in [-0.25, -0.2) is 9.79 Å². The number of allylic oxidation sites excluding steroid dienone is 2. The zero-order valence-corrected chi connectivity index (χ0v) is 15.9. The molecule has 2 heterocycles. The van der Waals surface area contributed by atoms with Crippen LogP contribution >= 0.6 is 0 Å². The second kappa shape index (κ2) is 7.49. The smallest absolute Gasteiger partial charge is 0.411 e. The number of amides is 2. The normalized spacial score (nSPS) is 24.0. The Hall–Kier alpha value is -2.35. The molecule has 8 heteroatoms. The topological polar surface area (TPSA) is 94.5 Å². The van der Waals surface area contributed by atoms with Gasteiger partial charge in [0.1, 0.15) is 17.0 Å². The Labute approximate surface area is 154 Å². The molecule has 2 rings (SSSR count). The molecule has 0 aromatic carbocycles. The SMILES string of the molecule is C=C(/N=C\C(=C/C)N1CCC2(CCCN2C(=O)OC(C)(C)C)C1=O)NO. The first kappa shape index (κ1) is 20.0. The first-order chi connectivity index (χ1) is 12.1. The second-order valence-corrected chi connectivity index (χ2v) is 7.50. The fourth-order valence-electron chi connectivity index (χ4n) is 3.42. The molecule has 0 aromatic rings. The minimum atomic E-state index is -0.851. The molecule has 2 fully saturated rings. The number of hydroxylamine groups is 1. The number of nitrogens with one attached hydrogen (secondary N) is 1. The van der Waals surface area contributed by atoms with E-state index in [0.717, 1.165) is 6.42 Å². The number of aliphatic imine (C=N–C) groups is 1. The number of nitrogens with zero attached hydrogens (tertiary/aromatic N) is 3. The average molecular weight is 364 g/mol. The minimum absolute atomic E-state index is 0.0713. The van der Waals surface area contributed by atoms with Crippen molar-refractivity contribution in [3.8, 4) is 0 Å². The van der Waals surface area contributed by atoms with Gasteiger partial charge in [-0.3, -0.25) is 20.4 Å². The lowest BCUT2D eigenvalue weighted by Gasteiger charge is -2.34. The van der Waals surface area contributed by atoms with Gasteiger partial charge in [0.15, 0.2) is 0 Å². The van der Waals surface area contributed by atoms with Crippen LogP contribution in [0.4, 0.5) is 4.79 Å².